The number of carbonyl (C=O) groups excluding carboxylic acids is 3. The molecule has 2 rings (SSSR count). The van der Waals surface area contributed by atoms with E-state index in [1.807, 2.05) is 13.0 Å². The zero-order valence-corrected chi connectivity index (χ0v) is 16.4. The van der Waals surface area contributed by atoms with E-state index in [2.05, 4.69) is 22.5 Å². The van der Waals surface area contributed by atoms with Gasteiger partial charge in [0.1, 0.15) is 6.04 Å². The van der Waals surface area contributed by atoms with Crippen molar-refractivity contribution >= 4 is 23.4 Å². The monoisotopic (exact) mass is 425 g/mol. The van der Waals surface area contributed by atoms with Crippen LogP contribution in [0.5, 0.6) is 0 Å². The molecular weight excluding hydrogens is 398 g/mol. The predicted molar refractivity (Wildman–Crippen MR) is 118 cm³/mol. The maximum Gasteiger partial charge on any atom is 0.267 e. The number of anilines is 1. The second kappa shape index (κ2) is 12.1. The SMILES string of the molecule is C.Cc1cc(C#Cc2ccc(C(=O)N[C@@H](CN)C(=O)NO)cc2)ccc1NC(=O)CN. The van der Waals surface area contributed by atoms with Crippen molar-refractivity contribution < 1.29 is 19.6 Å². The Kier molecular flexibility index (Phi) is 9.88. The predicted octanol–water partition coefficient (Wildman–Crippen LogP) is 0.491. The van der Waals surface area contributed by atoms with E-state index in [1.54, 1.807) is 36.4 Å². The van der Waals surface area contributed by atoms with Gasteiger partial charge in [-0.1, -0.05) is 19.3 Å². The Morgan fingerprint density at radius 3 is 2.19 bits per heavy atom. The van der Waals surface area contributed by atoms with Crippen LogP contribution in [0.1, 0.15) is 34.5 Å². The lowest BCUT2D eigenvalue weighted by Gasteiger charge is -2.14. The van der Waals surface area contributed by atoms with Crippen LogP contribution in [0, 0.1) is 18.8 Å². The van der Waals surface area contributed by atoms with Crippen molar-refractivity contribution in [2.24, 2.45) is 11.5 Å². The number of aryl methyl sites for hydroxylation is 1. The van der Waals surface area contributed by atoms with Crippen molar-refractivity contribution in [2.45, 2.75) is 20.4 Å². The highest BCUT2D eigenvalue weighted by molar-refractivity contribution is 5.97. The van der Waals surface area contributed by atoms with Crippen molar-refractivity contribution in [1.29, 1.82) is 0 Å². The number of hydrogen-bond acceptors (Lipinski definition) is 6. The summed E-state index contributed by atoms with van der Waals surface area (Å²) in [4.78, 5) is 35.0. The molecule has 0 heterocycles. The standard InChI is InChI=1S/C21H23N5O4.CH4/c1-13-10-15(6-9-17(13)24-19(27)12-23)3-2-14-4-7-16(8-5-14)20(28)25-18(11-22)21(29)26-30;/h4-10,18,30H,11-12,22-23H2,1H3,(H,24,27)(H,25,28)(H,26,29);1H4/t18-;/m0./s1. The van der Waals surface area contributed by atoms with Gasteiger partial charge < -0.3 is 22.1 Å². The van der Waals surface area contributed by atoms with Gasteiger partial charge in [0.25, 0.3) is 11.8 Å². The molecule has 2 aromatic carbocycles. The Labute approximate surface area is 181 Å². The average Bonchev–Trinajstić information content (AvgIpc) is 2.77. The molecule has 0 aliphatic rings. The Morgan fingerprint density at radius 2 is 1.65 bits per heavy atom. The Bertz CT molecular complexity index is 993. The quantitative estimate of drug-likeness (QED) is 0.224. The number of nitrogens with two attached hydrogens (primary N) is 2. The summed E-state index contributed by atoms with van der Waals surface area (Å²) in [6.45, 7) is 1.61. The molecular formula is C22H27N5O4. The third-order valence-corrected chi connectivity index (χ3v) is 4.15. The summed E-state index contributed by atoms with van der Waals surface area (Å²) in [6, 6.07) is 10.8. The first-order valence-corrected chi connectivity index (χ1v) is 9.05. The number of hydrogen-bond donors (Lipinski definition) is 6. The molecule has 2 aromatic rings. The topological polar surface area (TPSA) is 160 Å². The third kappa shape index (κ3) is 7.24. The van der Waals surface area contributed by atoms with Crippen LogP contribution in [0.4, 0.5) is 5.69 Å². The summed E-state index contributed by atoms with van der Waals surface area (Å²) in [6.07, 6.45) is 0. The molecule has 0 unspecified atom stereocenters. The van der Waals surface area contributed by atoms with Crippen LogP contribution >= 0.6 is 0 Å². The van der Waals surface area contributed by atoms with Crippen LogP contribution in [-0.2, 0) is 9.59 Å². The van der Waals surface area contributed by atoms with Gasteiger partial charge >= 0.3 is 0 Å². The van der Waals surface area contributed by atoms with Crippen LogP contribution < -0.4 is 27.6 Å². The molecule has 3 amide bonds. The minimum atomic E-state index is -1.04. The molecule has 9 heteroatoms. The first kappa shape index (κ1) is 25.3. The van der Waals surface area contributed by atoms with Gasteiger partial charge in [-0.25, -0.2) is 5.48 Å². The van der Waals surface area contributed by atoms with E-state index in [1.165, 1.54) is 5.48 Å². The van der Waals surface area contributed by atoms with Crippen LogP contribution in [-0.4, -0.2) is 42.1 Å². The van der Waals surface area contributed by atoms with Crippen LogP contribution in [0.25, 0.3) is 0 Å². The Morgan fingerprint density at radius 1 is 1.03 bits per heavy atom. The molecule has 0 saturated heterocycles. The normalized spacial score (nSPS) is 10.6. The maximum absolute atomic E-state index is 12.2. The summed E-state index contributed by atoms with van der Waals surface area (Å²) in [7, 11) is 0. The summed E-state index contributed by atoms with van der Waals surface area (Å²) in [5.74, 6) is 4.46. The number of carbonyl (C=O) groups is 3. The highest BCUT2D eigenvalue weighted by Gasteiger charge is 2.19. The maximum atomic E-state index is 12.2. The average molecular weight is 425 g/mol. The number of amides is 3. The molecule has 31 heavy (non-hydrogen) atoms. The van der Waals surface area contributed by atoms with Crippen molar-refractivity contribution in [1.82, 2.24) is 10.8 Å². The fourth-order valence-corrected chi connectivity index (χ4v) is 2.48. The van der Waals surface area contributed by atoms with Gasteiger partial charge in [0.05, 0.1) is 6.54 Å². The molecule has 0 aliphatic carbocycles. The fraction of sp³-hybridized carbons (Fsp3) is 0.227. The number of hydroxylamine groups is 1. The lowest BCUT2D eigenvalue weighted by molar-refractivity contribution is -0.130. The van der Waals surface area contributed by atoms with Crippen molar-refractivity contribution in [2.75, 3.05) is 18.4 Å². The van der Waals surface area contributed by atoms with Crippen molar-refractivity contribution in [3.63, 3.8) is 0 Å². The van der Waals surface area contributed by atoms with Crippen molar-refractivity contribution in [3.05, 3.63) is 64.7 Å². The minimum absolute atomic E-state index is 0. The summed E-state index contributed by atoms with van der Waals surface area (Å²) >= 11 is 0. The van der Waals surface area contributed by atoms with E-state index < -0.39 is 17.9 Å². The highest BCUT2D eigenvalue weighted by atomic mass is 16.5. The number of benzene rings is 2. The van der Waals surface area contributed by atoms with Gasteiger partial charge in [0.15, 0.2) is 0 Å². The van der Waals surface area contributed by atoms with Crippen LogP contribution in [0.3, 0.4) is 0 Å². The molecule has 0 spiro atoms. The van der Waals surface area contributed by atoms with Gasteiger partial charge in [0.2, 0.25) is 5.91 Å². The van der Waals surface area contributed by atoms with E-state index in [-0.39, 0.29) is 26.4 Å². The summed E-state index contributed by atoms with van der Waals surface area (Å²) in [5.41, 5.74) is 15.5. The van der Waals surface area contributed by atoms with Gasteiger partial charge in [-0.3, -0.25) is 19.6 Å². The zero-order chi connectivity index (χ0) is 22.1. The van der Waals surface area contributed by atoms with E-state index in [4.69, 9.17) is 16.7 Å². The second-order valence-corrected chi connectivity index (χ2v) is 6.35. The Balaban J connectivity index is 0.00000480. The molecule has 9 nitrogen and oxygen atoms in total. The second-order valence-electron chi connectivity index (χ2n) is 6.35. The lowest BCUT2D eigenvalue weighted by Crippen LogP contribution is -2.50. The number of rotatable bonds is 6. The summed E-state index contributed by atoms with van der Waals surface area (Å²) in [5, 5.41) is 13.8. The van der Waals surface area contributed by atoms with Gasteiger partial charge in [-0.05, 0) is 55.0 Å². The van der Waals surface area contributed by atoms with E-state index in [0.29, 0.717) is 16.8 Å². The van der Waals surface area contributed by atoms with E-state index in [0.717, 1.165) is 11.1 Å². The fourth-order valence-electron chi connectivity index (χ4n) is 2.48. The van der Waals surface area contributed by atoms with Crippen LogP contribution in [0.2, 0.25) is 0 Å². The van der Waals surface area contributed by atoms with E-state index >= 15 is 0 Å². The largest absolute Gasteiger partial charge is 0.339 e. The molecule has 164 valence electrons. The molecule has 8 N–H and O–H groups in total. The van der Waals surface area contributed by atoms with Gasteiger partial charge in [-0.15, -0.1) is 0 Å². The first-order chi connectivity index (χ1) is 14.4. The molecule has 0 bridgehead atoms. The first-order valence-electron chi connectivity index (χ1n) is 9.05. The number of nitrogens with one attached hydrogen (secondary N) is 3. The highest BCUT2D eigenvalue weighted by Crippen LogP contribution is 2.16. The molecule has 1 atom stereocenters. The Hall–Kier alpha value is -3.71. The van der Waals surface area contributed by atoms with Gasteiger partial charge in [0, 0.05) is 28.9 Å². The molecule has 0 aliphatic heterocycles. The zero-order valence-electron chi connectivity index (χ0n) is 16.4. The molecule has 0 radical (unpaired) electrons. The van der Waals surface area contributed by atoms with Crippen molar-refractivity contribution in [3.8, 4) is 11.8 Å². The summed E-state index contributed by atoms with van der Waals surface area (Å²) < 4.78 is 0. The smallest absolute Gasteiger partial charge is 0.267 e. The minimum Gasteiger partial charge on any atom is -0.339 e. The van der Waals surface area contributed by atoms with Crippen LogP contribution in [0.15, 0.2) is 42.5 Å². The molecule has 0 saturated carbocycles. The van der Waals surface area contributed by atoms with Gasteiger partial charge in [-0.2, -0.15) is 0 Å². The molecule has 0 aromatic heterocycles. The van der Waals surface area contributed by atoms with E-state index in [9.17, 15) is 14.4 Å². The lowest BCUT2D eigenvalue weighted by atomic mass is 10.1. The third-order valence-electron chi connectivity index (χ3n) is 4.15. The molecule has 0 fully saturated rings.